The monoisotopic (exact) mass is 221 g/mol. The Balaban J connectivity index is 2.21. The van der Waals surface area contributed by atoms with E-state index in [0.29, 0.717) is 5.92 Å². The Kier molecular flexibility index (Phi) is 3.29. The van der Waals surface area contributed by atoms with Gasteiger partial charge in [-0.05, 0) is 56.8 Å². The van der Waals surface area contributed by atoms with Gasteiger partial charge in [0, 0.05) is 0 Å². The van der Waals surface area contributed by atoms with Crippen LogP contribution in [0.1, 0.15) is 43.7 Å². The van der Waals surface area contributed by atoms with Crippen molar-refractivity contribution in [2.24, 2.45) is 0 Å². The second-order valence-electron chi connectivity index (χ2n) is 5.12. The minimum Gasteiger partial charge on any atom is -0.317 e. The van der Waals surface area contributed by atoms with Gasteiger partial charge in [-0.1, -0.05) is 24.3 Å². The summed E-state index contributed by atoms with van der Waals surface area (Å²) in [5.41, 5.74) is 0.858. The standard InChI is InChI=1S/C14H20FN/c1-14(2,15)13-5-3-4-12(10-13)11-6-8-16-9-7-11/h3-5,10-11,16H,6-9H2,1-2H3. The molecule has 0 radical (unpaired) electrons. The molecule has 1 aliphatic heterocycles. The van der Waals surface area contributed by atoms with Crippen molar-refractivity contribution >= 4 is 0 Å². The Bertz CT molecular complexity index is 348. The molecule has 0 saturated carbocycles. The van der Waals surface area contributed by atoms with Crippen LogP contribution in [0.3, 0.4) is 0 Å². The molecule has 2 rings (SSSR count). The zero-order valence-electron chi connectivity index (χ0n) is 10.1. The number of rotatable bonds is 2. The Hall–Kier alpha value is -0.890. The number of piperidine rings is 1. The van der Waals surface area contributed by atoms with Crippen LogP contribution >= 0.6 is 0 Å². The quantitative estimate of drug-likeness (QED) is 0.807. The lowest BCUT2D eigenvalue weighted by Crippen LogP contribution is -2.26. The highest BCUT2D eigenvalue weighted by Crippen LogP contribution is 2.30. The summed E-state index contributed by atoms with van der Waals surface area (Å²) in [4.78, 5) is 0. The van der Waals surface area contributed by atoms with Gasteiger partial charge in [-0.3, -0.25) is 0 Å². The number of nitrogens with one attached hydrogen (secondary N) is 1. The SMILES string of the molecule is CC(C)(F)c1cccc(C2CCNCC2)c1. The third kappa shape index (κ3) is 2.62. The predicted octanol–water partition coefficient (Wildman–Crippen LogP) is 3.36. The molecule has 1 aromatic rings. The van der Waals surface area contributed by atoms with Crippen LogP contribution in [0.5, 0.6) is 0 Å². The zero-order chi connectivity index (χ0) is 11.6. The first kappa shape index (κ1) is 11.6. The molecule has 1 N–H and O–H groups in total. The lowest BCUT2D eigenvalue weighted by molar-refractivity contribution is 0.221. The van der Waals surface area contributed by atoms with E-state index in [1.54, 1.807) is 13.8 Å². The molecule has 16 heavy (non-hydrogen) atoms. The summed E-state index contributed by atoms with van der Waals surface area (Å²) in [6.07, 6.45) is 2.33. The van der Waals surface area contributed by atoms with Crippen LogP contribution in [0.25, 0.3) is 0 Å². The van der Waals surface area contributed by atoms with Gasteiger partial charge in [0.1, 0.15) is 5.67 Å². The van der Waals surface area contributed by atoms with E-state index in [9.17, 15) is 4.39 Å². The largest absolute Gasteiger partial charge is 0.317 e. The molecule has 0 spiro atoms. The number of benzene rings is 1. The van der Waals surface area contributed by atoms with Gasteiger partial charge in [0.2, 0.25) is 0 Å². The smallest absolute Gasteiger partial charge is 0.130 e. The van der Waals surface area contributed by atoms with Gasteiger partial charge in [0.25, 0.3) is 0 Å². The molecular weight excluding hydrogens is 201 g/mol. The Morgan fingerprint density at radius 1 is 1.25 bits per heavy atom. The van der Waals surface area contributed by atoms with Gasteiger partial charge >= 0.3 is 0 Å². The van der Waals surface area contributed by atoms with Crippen LogP contribution in [0, 0.1) is 0 Å². The summed E-state index contributed by atoms with van der Waals surface area (Å²) in [7, 11) is 0. The third-order valence-corrected chi connectivity index (χ3v) is 3.38. The van der Waals surface area contributed by atoms with Crippen molar-refractivity contribution in [3.63, 3.8) is 0 Å². The molecule has 0 aliphatic carbocycles. The van der Waals surface area contributed by atoms with Crippen molar-refractivity contribution in [2.45, 2.75) is 38.3 Å². The summed E-state index contributed by atoms with van der Waals surface area (Å²) in [5.74, 6) is 0.601. The Morgan fingerprint density at radius 3 is 2.56 bits per heavy atom. The highest BCUT2D eigenvalue weighted by atomic mass is 19.1. The lowest BCUT2D eigenvalue weighted by Gasteiger charge is -2.24. The van der Waals surface area contributed by atoms with Gasteiger partial charge in [0.05, 0.1) is 0 Å². The van der Waals surface area contributed by atoms with Gasteiger partial charge in [-0.25, -0.2) is 4.39 Å². The van der Waals surface area contributed by atoms with Crippen molar-refractivity contribution < 1.29 is 4.39 Å². The molecule has 0 unspecified atom stereocenters. The summed E-state index contributed by atoms with van der Waals surface area (Å²) < 4.78 is 13.9. The molecule has 1 aliphatic rings. The van der Waals surface area contributed by atoms with Crippen LogP contribution in [-0.2, 0) is 5.67 Å². The van der Waals surface area contributed by atoms with Crippen molar-refractivity contribution in [3.05, 3.63) is 35.4 Å². The minimum absolute atomic E-state index is 0.601. The Morgan fingerprint density at radius 2 is 1.94 bits per heavy atom. The first-order chi connectivity index (χ1) is 7.57. The van der Waals surface area contributed by atoms with Gasteiger partial charge in [-0.15, -0.1) is 0 Å². The van der Waals surface area contributed by atoms with Crippen molar-refractivity contribution in [1.29, 1.82) is 0 Å². The van der Waals surface area contributed by atoms with Crippen molar-refractivity contribution in [3.8, 4) is 0 Å². The van der Waals surface area contributed by atoms with E-state index in [1.165, 1.54) is 5.56 Å². The fraction of sp³-hybridized carbons (Fsp3) is 0.571. The summed E-state index contributed by atoms with van der Waals surface area (Å²) in [6.45, 7) is 5.39. The number of hydrogen-bond donors (Lipinski definition) is 1. The Labute approximate surface area is 97.1 Å². The van der Waals surface area contributed by atoms with Crippen LogP contribution in [-0.4, -0.2) is 13.1 Å². The molecule has 2 heteroatoms. The highest BCUT2D eigenvalue weighted by Gasteiger charge is 2.21. The topological polar surface area (TPSA) is 12.0 Å². The van der Waals surface area contributed by atoms with Crippen LogP contribution in [0.15, 0.2) is 24.3 Å². The van der Waals surface area contributed by atoms with Crippen molar-refractivity contribution in [1.82, 2.24) is 5.32 Å². The molecule has 1 fully saturated rings. The fourth-order valence-electron chi connectivity index (χ4n) is 2.32. The molecule has 1 nitrogen and oxygen atoms in total. The summed E-state index contributed by atoms with van der Waals surface area (Å²) >= 11 is 0. The molecule has 0 amide bonds. The van der Waals surface area contributed by atoms with E-state index in [2.05, 4.69) is 11.4 Å². The molecule has 1 aromatic carbocycles. The first-order valence-electron chi connectivity index (χ1n) is 6.07. The normalized spacial score (nSPS) is 18.7. The predicted molar refractivity (Wildman–Crippen MR) is 65.4 cm³/mol. The van der Waals surface area contributed by atoms with Gasteiger partial charge in [0.15, 0.2) is 0 Å². The molecule has 0 atom stereocenters. The maximum Gasteiger partial charge on any atom is 0.130 e. The molecule has 88 valence electrons. The second kappa shape index (κ2) is 4.54. The van der Waals surface area contributed by atoms with E-state index < -0.39 is 5.67 Å². The van der Waals surface area contributed by atoms with Crippen LogP contribution < -0.4 is 5.32 Å². The van der Waals surface area contributed by atoms with E-state index in [4.69, 9.17) is 0 Å². The molecule has 1 heterocycles. The number of halogens is 1. The van der Waals surface area contributed by atoms with E-state index in [0.717, 1.165) is 31.5 Å². The lowest BCUT2D eigenvalue weighted by atomic mass is 9.87. The third-order valence-electron chi connectivity index (χ3n) is 3.38. The molecule has 1 saturated heterocycles. The summed E-state index contributed by atoms with van der Waals surface area (Å²) in [6, 6.07) is 8.03. The van der Waals surface area contributed by atoms with Crippen LogP contribution in [0.2, 0.25) is 0 Å². The number of hydrogen-bond acceptors (Lipinski definition) is 1. The van der Waals surface area contributed by atoms with Gasteiger partial charge in [-0.2, -0.15) is 0 Å². The first-order valence-corrected chi connectivity index (χ1v) is 6.07. The highest BCUT2D eigenvalue weighted by molar-refractivity contribution is 5.30. The van der Waals surface area contributed by atoms with E-state index in [-0.39, 0.29) is 0 Å². The second-order valence-corrected chi connectivity index (χ2v) is 5.12. The maximum absolute atomic E-state index is 13.9. The van der Waals surface area contributed by atoms with E-state index >= 15 is 0 Å². The number of alkyl halides is 1. The fourth-order valence-corrected chi connectivity index (χ4v) is 2.32. The van der Waals surface area contributed by atoms with Gasteiger partial charge < -0.3 is 5.32 Å². The van der Waals surface area contributed by atoms with E-state index in [1.807, 2.05) is 18.2 Å². The molecular formula is C14H20FN. The molecule has 0 aromatic heterocycles. The van der Waals surface area contributed by atoms with Crippen LogP contribution in [0.4, 0.5) is 4.39 Å². The molecule has 0 bridgehead atoms. The summed E-state index contributed by atoms with van der Waals surface area (Å²) in [5, 5.41) is 3.36. The maximum atomic E-state index is 13.9. The average molecular weight is 221 g/mol. The average Bonchev–Trinajstić information content (AvgIpc) is 2.29. The zero-order valence-corrected chi connectivity index (χ0v) is 10.1. The van der Waals surface area contributed by atoms with Crippen molar-refractivity contribution in [2.75, 3.05) is 13.1 Å². The minimum atomic E-state index is -1.23.